The molecule has 3 nitrogen and oxygen atoms in total. The van der Waals surface area contributed by atoms with Crippen LogP contribution in [0.1, 0.15) is 18.9 Å². The maximum absolute atomic E-state index is 9.41. The van der Waals surface area contributed by atoms with Gasteiger partial charge in [0.1, 0.15) is 0 Å². The number of aliphatic hydroxyl groups excluding tert-OH is 1. The van der Waals surface area contributed by atoms with Gasteiger partial charge in [-0.2, -0.15) is 0 Å². The fraction of sp³-hybridized carbons (Fsp3) is 0.571. The highest BCUT2D eigenvalue weighted by Crippen LogP contribution is 2.24. The van der Waals surface area contributed by atoms with Gasteiger partial charge >= 0.3 is 0 Å². The largest absolute Gasteiger partial charge is 0.392 e. The maximum Gasteiger partial charge on any atom is 0.0702 e. The van der Waals surface area contributed by atoms with E-state index in [1.54, 1.807) is 0 Å². The van der Waals surface area contributed by atoms with Crippen LogP contribution in [0.3, 0.4) is 0 Å². The van der Waals surface area contributed by atoms with E-state index in [0.29, 0.717) is 5.02 Å². The van der Waals surface area contributed by atoms with E-state index in [4.69, 9.17) is 11.6 Å². The molecule has 18 heavy (non-hydrogen) atoms. The number of anilines is 1. The lowest BCUT2D eigenvalue weighted by Gasteiger charge is -2.26. The van der Waals surface area contributed by atoms with Crippen LogP contribution in [0.5, 0.6) is 0 Å². The molecule has 0 aromatic heterocycles. The summed E-state index contributed by atoms with van der Waals surface area (Å²) in [5.74, 6) is 0. The van der Waals surface area contributed by atoms with Crippen LogP contribution in [0.15, 0.2) is 18.2 Å². The van der Waals surface area contributed by atoms with Crippen LogP contribution in [0.2, 0.25) is 5.02 Å². The molecule has 0 aliphatic carbocycles. The number of rotatable bonds is 7. The Morgan fingerprint density at radius 3 is 2.50 bits per heavy atom. The van der Waals surface area contributed by atoms with Gasteiger partial charge < -0.3 is 14.9 Å². The van der Waals surface area contributed by atoms with Crippen molar-refractivity contribution in [1.82, 2.24) is 4.90 Å². The molecule has 0 radical (unpaired) electrons. The van der Waals surface area contributed by atoms with E-state index < -0.39 is 0 Å². The van der Waals surface area contributed by atoms with E-state index in [-0.39, 0.29) is 6.61 Å². The molecule has 0 unspecified atom stereocenters. The van der Waals surface area contributed by atoms with E-state index in [1.807, 2.05) is 18.2 Å². The number of nitrogens with zero attached hydrogens (tertiary/aromatic N) is 2. The van der Waals surface area contributed by atoms with Crippen molar-refractivity contribution in [3.8, 4) is 0 Å². The molecule has 0 fully saturated rings. The Balaban J connectivity index is 2.75. The number of benzene rings is 1. The van der Waals surface area contributed by atoms with E-state index in [0.717, 1.165) is 37.3 Å². The summed E-state index contributed by atoms with van der Waals surface area (Å²) in [6, 6.07) is 5.71. The predicted octanol–water partition coefficient (Wildman–Crippen LogP) is 2.61. The minimum absolute atomic E-state index is 0.0279. The molecule has 0 bridgehead atoms. The smallest absolute Gasteiger partial charge is 0.0702 e. The summed E-state index contributed by atoms with van der Waals surface area (Å²) in [5, 5.41) is 10.1. The third-order valence-electron chi connectivity index (χ3n) is 2.97. The molecule has 0 spiro atoms. The highest BCUT2D eigenvalue weighted by Gasteiger charge is 2.09. The van der Waals surface area contributed by atoms with Crippen molar-refractivity contribution in [2.75, 3.05) is 38.6 Å². The minimum Gasteiger partial charge on any atom is -0.392 e. The van der Waals surface area contributed by atoms with Crippen molar-refractivity contribution >= 4 is 17.3 Å². The second kappa shape index (κ2) is 7.62. The molecule has 102 valence electrons. The standard InChI is InChI=1S/C14H23ClN2O/c1-4-17(9-5-8-16(2)3)14-7-6-13(15)10-12(14)11-18/h6-7,10,18H,4-5,8-9,11H2,1-3H3. The summed E-state index contributed by atoms with van der Waals surface area (Å²) in [4.78, 5) is 4.47. The monoisotopic (exact) mass is 270 g/mol. The highest BCUT2D eigenvalue weighted by atomic mass is 35.5. The maximum atomic E-state index is 9.41. The zero-order valence-electron chi connectivity index (χ0n) is 11.5. The van der Waals surface area contributed by atoms with Crippen molar-refractivity contribution in [2.45, 2.75) is 20.0 Å². The van der Waals surface area contributed by atoms with E-state index in [2.05, 4.69) is 30.8 Å². The summed E-state index contributed by atoms with van der Waals surface area (Å²) in [7, 11) is 4.16. The van der Waals surface area contributed by atoms with Crippen molar-refractivity contribution in [2.24, 2.45) is 0 Å². The first kappa shape index (κ1) is 15.3. The van der Waals surface area contributed by atoms with Crippen LogP contribution < -0.4 is 4.90 Å². The van der Waals surface area contributed by atoms with Gasteiger partial charge in [0.25, 0.3) is 0 Å². The van der Waals surface area contributed by atoms with E-state index in [1.165, 1.54) is 0 Å². The first-order valence-corrected chi connectivity index (χ1v) is 6.75. The number of hydrogen-bond donors (Lipinski definition) is 1. The Morgan fingerprint density at radius 2 is 1.94 bits per heavy atom. The molecule has 0 heterocycles. The molecule has 1 aromatic rings. The average Bonchev–Trinajstić information content (AvgIpc) is 2.34. The third kappa shape index (κ3) is 4.48. The number of halogens is 1. The van der Waals surface area contributed by atoms with Crippen molar-refractivity contribution in [3.05, 3.63) is 28.8 Å². The molecule has 1 N–H and O–H groups in total. The Hall–Kier alpha value is -0.770. The quantitative estimate of drug-likeness (QED) is 0.825. The lowest BCUT2D eigenvalue weighted by atomic mass is 10.1. The topological polar surface area (TPSA) is 26.7 Å². The van der Waals surface area contributed by atoms with Crippen LogP contribution in [0.25, 0.3) is 0 Å². The van der Waals surface area contributed by atoms with Crippen molar-refractivity contribution in [1.29, 1.82) is 0 Å². The van der Waals surface area contributed by atoms with Gasteiger partial charge in [0, 0.05) is 29.4 Å². The minimum atomic E-state index is 0.0279. The lowest BCUT2D eigenvalue weighted by Crippen LogP contribution is -2.27. The van der Waals surface area contributed by atoms with Gasteiger partial charge in [-0.1, -0.05) is 11.6 Å². The van der Waals surface area contributed by atoms with Crippen molar-refractivity contribution in [3.63, 3.8) is 0 Å². The third-order valence-corrected chi connectivity index (χ3v) is 3.20. The van der Waals surface area contributed by atoms with Gasteiger partial charge in [-0.3, -0.25) is 0 Å². The van der Waals surface area contributed by atoms with Crippen LogP contribution in [-0.4, -0.2) is 43.7 Å². The zero-order chi connectivity index (χ0) is 13.5. The average molecular weight is 271 g/mol. The van der Waals surface area contributed by atoms with Gasteiger partial charge in [-0.25, -0.2) is 0 Å². The molecule has 0 saturated carbocycles. The zero-order valence-corrected chi connectivity index (χ0v) is 12.2. The fourth-order valence-corrected chi connectivity index (χ4v) is 2.21. The van der Waals surface area contributed by atoms with Crippen LogP contribution in [0, 0.1) is 0 Å². The molecule has 1 aromatic carbocycles. The molecule has 1 rings (SSSR count). The normalized spacial score (nSPS) is 11.0. The second-order valence-corrected chi connectivity index (χ2v) is 5.10. The van der Waals surface area contributed by atoms with Crippen molar-refractivity contribution < 1.29 is 5.11 Å². The van der Waals surface area contributed by atoms with Gasteiger partial charge in [-0.15, -0.1) is 0 Å². The molecule has 0 amide bonds. The molecule has 0 saturated heterocycles. The van der Waals surface area contributed by atoms with Gasteiger partial charge in [-0.05, 0) is 52.2 Å². The van der Waals surface area contributed by atoms with Gasteiger partial charge in [0.05, 0.1) is 6.61 Å². The number of aliphatic hydroxyl groups is 1. The number of hydrogen-bond acceptors (Lipinski definition) is 3. The van der Waals surface area contributed by atoms with E-state index >= 15 is 0 Å². The molecule has 0 atom stereocenters. The van der Waals surface area contributed by atoms with Gasteiger partial charge in [0.2, 0.25) is 0 Å². The SMILES string of the molecule is CCN(CCCN(C)C)c1ccc(Cl)cc1CO. The molecular formula is C14H23ClN2O. The highest BCUT2D eigenvalue weighted by molar-refractivity contribution is 6.30. The van der Waals surface area contributed by atoms with Crippen LogP contribution >= 0.6 is 11.6 Å². The molecule has 0 aliphatic rings. The fourth-order valence-electron chi connectivity index (χ4n) is 2.02. The first-order chi connectivity index (χ1) is 8.58. The molecular weight excluding hydrogens is 248 g/mol. The Bertz CT molecular complexity index is 369. The van der Waals surface area contributed by atoms with Crippen LogP contribution in [-0.2, 0) is 6.61 Å². The summed E-state index contributed by atoms with van der Waals surface area (Å²) in [6.07, 6.45) is 1.11. The Labute approximate surface area is 115 Å². The molecule has 0 aliphatic heterocycles. The van der Waals surface area contributed by atoms with Gasteiger partial charge in [0.15, 0.2) is 0 Å². The van der Waals surface area contributed by atoms with Crippen LogP contribution in [0.4, 0.5) is 5.69 Å². The lowest BCUT2D eigenvalue weighted by molar-refractivity contribution is 0.282. The Morgan fingerprint density at radius 1 is 1.22 bits per heavy atom. The second-order valence-electron chi connectivity index (χ2n) is 4.67. The first-order valence-electron chi connectivity index (χ1n) is 6.37. The predicted molar refractivity (Wildman–Crippen MR) is 78.4 cm³/mol. The summed E-state index contributed by atoms with van der Waals surface area (Å²) in [5.41, 5.74) is 1.98. The summed E-state index contributed by atoms with van der Waals surface area (Å²) >= 11 is 5.95. The van der Waals surface area contributed by atoms with E-state index in [9.17, 15) is 5.11 Å². The summed E-state index contributed by atoms with van der Waals surface area (Å²) in [6.45, 7) is 5.15. The Kier molecular flexibility index (Phi) is 6.47. The summed E-state index contributed by atoms with van der Waals surface area (Å²) < 4.78 is 0. The molecule has 4 heteroatoms.